The molecule has 4 aliphatic carbocycles. The van der Waals surface area contributed by atoms with Crippen LogP contribution in [0, 0.1) is 29.6 Å². The molecule has 0 aromatic carbocycles. The molecule has 0 spiro atoms. The highest BCUT2D eigenvalue weighted by Gasteiger charge is 2.64. The normalized spacial score (nSPS) is 49.1. The maximum atomic E-state index is 10.2. The second-order valence-corrected chi connectivity index (χ2v) is 8.21. The predicted octanol–water partition coefficient (Wildman–Crippen LogP) is 2.58. The van der Waals surface area contributed by atoms with Gasteiger partial charge in [-0.1, -0.05) is 19.8 Å². The molecule has 0 radical (unpaired) electrons. The Bertz CT molecular complexity index is 358. The molecule has 3 heteroatoms. The number of rotatable bonds is 6. The van der Waals surface area contributed by atoms with Crippen molar-refractivity contribution in [1.82, 2.24) is 5.32 Å². The minimum absolute atomic E-state index is 0.335. The molecule has 0 saturated heterocycles. The Balaban J connectivity index is 1.15. The highest BCUT2D eigenvalue weighted by molar-refractivity contribution is 5.16. The summed E-state index contributed by atoms with van der Waals surface area (Å²) in [4.78, 5) is 0. The SMILES string of the molecule is CC1CCCCC1OCC(O)CNC1C2C3CCC(C3)C12. The number of hydrogen-bond acceptors (Lipinski definition) is 3. The fourth-order valence-electron chi connectivity index (χ4n) is 5.69. The van der Waals surface area contributed by atoms with Crippen molar-refractivity contribution in [3.05, 3.63) is 0 Å². The van der Waals surface area contributed by atoms with Gasteiger partial charge in [-0.3, -0.25) is 0 Å². The van der Waals surface area contributed by atoms with E-state index in [0.29, 0.717) is 18.6 Å². The zero-order chi connectivity index (χ0) is 14.4. The van der Waals surface area contributed by atoms with Gasteiger partial charge in [-0.05, 0) is 61.7 Å². The van der Waals surface area contributed by atoms with Crippen molar-refractivity contribution >= 4 is 0 Å². The Morgan fingerprint density at radius 3 is 2.52 bits per heavy atom. The van der Waals surface area contributed by atoms with Gasteiger partial charge < -0.3 is 15.2 Å². The Labute approximate surface area is 128 Å². The molecule has 120 valence electrons. The van der Waals surface area contributed by atoms with Crippen LogP contribution >= 0.6 is 0 Å². The van der Waals surface area contributed by atoms with Crippen LogP contribution in [-0.2, 0) is 4.74 Å². The molecule has 3 nitrogen and oxygen atoms in total. The van der Waals surface area contributed by atoms with Gasteiger partial charge in [0.25, 0.3) is 0 Å². The topological polar surface area (TPSA) is 41.5 Å². The first-order chi connectivity index (χ1) is 10.2. The lowest BCUT2D eigenvalue weighted by Gasteiger charge is -2.29. The molecule has 2 N–H and O–H groups in total. The molecule has 4 fully saturated rings. The third-order valence-corrected chi connectivity index (χ3v) is 6.86. The lowest BCUT2D eigenvalue weighted by molar-refractivity contribution is -0.0453. The molecular formula is C18H31NO2. The van der Waals surface area contributed by atoms with E-state index in [1.54, 1.807) is 0 Å². The number of fused-ring (bicyclic) bond motifs is 5. The van der Waals surface area contributed by atoms with Gasteiger partial charge in [0, 0.05) is 12.6 Å². The molecule has 0 aromatic rings. The van der Waals surface area contributed by atoms with Gasteiger partial charge in [0.15, 0.2) is 0 Å². The quantitative estimate of drug-likeness (QED) is 0.791. The molecule has 0 aromatic heterocycles. The van der Waals surface area contributed by atoms with E-state index in [4.69, 9.17) is 4.74 Å². The van der Waals surface area contributed by atoms with Gasteiger partial charge >= 0.3 is 0 Å². The highest BCUT2D eigenvalue weighted by atomic mass is 16.5. The molecular weight excluding hydrogens is 262 g/mol. The Morgan fingerprint density at radius 2 is 1.81 bits per heavy atom. The number of nitrogens with one attached hydrogen (secondary N) is 1. The summed E-state index contributed by atoms with van der Waals surface area (Å²) in [5.74, 6) is 4.59. The number of aliphatic hydroxyl groups is 1. The molecule has 21 heavy (non-hydrogen) atoms. The third-order valence-electron chi connectivity index (χ3n) is 6.86. The van der Waals surface area contributed by atoms with E-state index in [1.165, 1.54) is 44.9 Å². The summed E-state index contributed by atoms with van der Waals surface area (Å²) in [5, 5.41) is 13.8. The summed E-state index contributed by atoms with van der Waals surface area (Å²) in [7, 11) is 0. The summed E-state index contributed by atoms with van der Waals surface area (Å²) >= 11 is 0. The maximum absolute atomic E-state index is 10.2. The molecule has 4 saturated carbocycles. The van der Waals surface area contributed by atoms with Gasteiger partial charge in [0.2, 0.25) is 0 Å². The van der Waals surface area contributed by atoms with Crippen molar-refractivity contribution in [3.8, 4) is 0 Å². The molecule has 7 atom stereocenters. The summed E-state index contributed by atoms with van der Waals surface area (Å²) in [6.45, 7) is 3.52. The smallest absolute Gasteiger partial charge is 0.0897 e. The van der Waals surface area contributed by atoms with Gasteiger partial charge in [0.1, 0.15) is 0 Å². The summed E-state index contributed by atoms with van der Waals surface area (Å²) in [5.41, 5.74) is 0. The summed E-state index contributed by atoms with van der Waals surface area (Å²) in [6.07, 6.45) is 9.58. The molecule has 2 bridgehead atoms. The zero-order valence-electron chi connectivity index (χ0n) is 13.3. The van der Waals surface area contributed by atoms with Crippen LogP contribution in [0.3, 0.4) is 0 Å². The second kappa shape index (κ2) is 5.82. The van der Waals surface area contributed by atoms with E-state index in [9.17, 15) is 5.11 Å². The second-order valence-electron chi connectivity index (χ2n) is 8.21. The molecule has 4 rings (SSSR count). The number of ether oxygens (including phenoxy) is 1. The van der Waals surface area contributed by atoms with Crippen molar-refractivity contribution in [3.63, 3.8) is 0 Å². The van der Waals surface area contributed by atoms with E-state index >= 15 is 0 Å². The van der Waals surface area contributed by atoms with Crippen molar-refractivity contribution < 1.29 is 9.84 Å². The molecule has 0 heterocycles. The van der Waals surface area contributed by atoms with E-state index in [2.05, 4.69) is 12.2 Å². The minimum Gasteiger partial charge on any atom is -0.389 e. The van der Waals surface area contributed by atoms with Gasteiger partial charge in [0.05, 0.1) is 18.8 Å². The number of hydrogen-bond donors (Lipinski definition) is 2. The Hall–Kier alpha value is -0.120. The fourth-order valence-corrected chi connectivity index (χ4v) is 5.69. The maximum Gasteiger partial charge on any atom is 0.0897 e. The standard InChI is InChI=1S/C18H31NO2/c1-11-4-2-3-5-15(11)21-10-14(20)9-19-18-16-12-6-7-13(8-12)17(16)18/h11-20H,2-10H2,1H3. The average Bonchev–Trinajstić information content (AvgIpc) is 2.87. The van der Waals surface area contributed by atoms with Crippen LogP contribution in [0.4, 0.5) is 0 Å². The lowest BCUT2D eigenvalue weighted by atomic mass is 9.88. The lowest BCUT2D eigenvalue weighted by Crippen LogP contribution is -2.36. The van der Waals surface area contributed by atoms with Crippen molar-refractivity contribution in [2.75, 3.05) is 13.2 Å². The van der Waals surface area contributed by atoms with Gasteiger partial charge in [-0.2, -0.15) is 0 Å². The van der Waals surface area contributed by atoms with Crippen LogP contribution in [0.15, 0.2) is 0 Å². The minimum atomic E-state index is -0.335. The van der Waals surface area contributed by atoms with Gasteiger partial charge in [-0.25, -0.2) is 0 Å². The van der Waals surface area contributed by atoms with E-state index in [1.807, 2.05) is 0 Å². The van der Waals surface area contributed by atoms with Crippen molar-refractivity contribution in [1.29, 1.82) is 0 Å². The monoisotopic (exact) mass is 293 g/mol. The van der Waals surface area contributed by atoms with Crippen LogP contribution in [0.1, 0.15) is 51.9 Å². The van der Waals surface area contributed by atoms with Crippen molar-refractivity contribution in [2.45, 2.75) is 70.1 Å². The first-order valence-corrected chi connectivity index (χ1v) is 9.27. The fraction of sp³-hybridized carbons (Fsp3) is 1.00. The molecule has 7 unspecified atom stereocenters. The predicted molar refractivity (Wildman–Crippen MR) is 83.0 cm³/mol. The zero-order valence-corrected chi connectivity index (χ0v) is 13.3. The van der Waals surface area contributed by atoms with Crippen LogP contribution in [0.2, 0.25) is 0 Å². The van der Waals surface area contributed by atoms with Crippen LogP contribution < -0.4 is 5.32 Å². The first kappa shape index (κ1) is 14.5. The molecule has 4 aliphatic rings. The Morgan fingerprint density at radius 1 is 1.10 bits per heavy atom. The van der Waals surface area contributed by atoms with Gasteiger partial charge in [-0.15, -0.1) is 0 Å². The van der Waals surface area contributed by atoms with Crippen LogP contribution in [0.25, 0.3) is 0 Å². The van der Waals surface area contributed by atoms with Crippen molar-refractivity contribution in [2.24, 2.45) is 29.6 Å². The highest BCUT2D eigenvalue weighted by Crippen LogP contribution is 2.65. The van der Waals surface area contributed by atoms with E-state index in [-0.39, 0.29) is 6.10 Å². The van der Waals surface area contributed by atoms with E-state index < -0.39 is 0 Å². The summed E-state index contributed by atoms with van der Waals surface area (Å²) in [6, 6.07) is 0.722. The largest absolute Gasteiger partial charge is 0.389 e. The third kappa shape index (κ3) is 2.77. The molecule has 0 aliphatic heterocycles. The molecule has 0 amide bonds. The van der Waals surface area contributed by atoms with E-state index in [0.717, 1.165) is 36.3 Å². The first-order valence-electron chi connectivity index (χ1n) is 9.27. The Kier molecular flexibility index (Phi) is 4.01. The number of aliphatic hydroxyl groups excluding tert-OH is 1. The summed E-state index contributed by atoms with van der Waals surface area (Å²) < 4.78 is 5.97. The average molecular weight is 293 g/mol. The van der Waals surface area contributed by atoms with Crippen LogP contribution in [0.5, 0.6) is 0 Å². The van der Waals surface area contributed by atoms with Crippen LogP contribution in [-0.4, -0.2) is 36.5 Å².